The van der Waals surface area contributed by atoms with Gasteiger partial charge < -0.3 is 4.90 Å². The zero-order chi connectivity index (χ0) is 17.8. The fourth-order valence-corrected chi connectivity index (χ4v) is 8.60. The summed E-state index contributed by atoms with van der Waals surface area (Å²) in [6.45, 7) is 7.46. The van der Waals surface area contributed by atoms with Crippen LogP contribution in [-0.2, 0) is 4.79 Å². The van der Waals surface area contributed by atoms with Gasteiger partial charge >= 0.3 is 0 Å². The molecule has 1 saturated heterocycles. The zero-order valence-electron chi connectivity index (χ0n) is 16.7. The molecule has 3 heteroatoms. The number of rotatable bonds is 3. The molecular weight excluding hydrogens is 326 g/mol. The summed E-state index contributed by atoms with van der Waals surface area (Å²) in [6.07, 6.45) is 10.4. The predicted octanol–water partition coefficient (Wildman–Crippen LogP) is 5.22. The van der Waals surface area contributed by atoms with Gasteiger partial charge in [0, 0.05) is 19.5 Å². The van der Waals surface area contributed by atoms with Crippen LogP contribution in [0.25, 0.3) is 0 Å². The van der Waals surface area contributed by atoms with E-state index < -0.39 is 0 Å². The lowest BCUT2D eigenvalue weighted by molar-refractivity contribution is -0.164. The Balaban J connectivity index is 1.69. The Kier molecular flexibility index (Phi) is 4.70. The molecule has 0 N–H and O–H groups in total. The lowest BCUT2D eigenvalue weighted by Gasteiger charge is -2.63. The van der Waals surface area contributed by atoms with Crippen molar-refractivity contribution in [3.63, 3.8) is 0 Å². The predicted molar refractivity (Wildman–Crippen MR) is 107 cm³/mol. The molecule has 0 aromatic rings. The highest BCUT2D eigenvalue weighted by Gasteiger charge is 2.61. The van der Waals surface area contributed by atoms with Crippen LogP contribution in [0.1, 0.15) is 72.1 Å². The maximum Gasteiger partial charge on any atom is 0.222 e. The second-order valence-electron chi connectivity index (χ2n) is 10.1. The summed E-state index contributed by atoms with van der Waals surface area (Å²) in [5.41, 5.74) is 0.987. The van der Waals surface area contributed by atoms with Crippen molar-refractivity contribution in [3.8, 4) is 0 Å². The summed E-state index contributed by atoms with van der Waals surface area (Å²) >= 11 is 2.14. The van der Waals surface area contributed by atoms with Gasteiger partial charge in [-0.2, -0.15) is 11.8 Å². The van der Waals surface area contributed by atoms with E-state index in [9.17, 15) is 4.79 Å². The average Bonchev–Trinajstić information content (AvgIpc) is 2.99. The van der Waals surface area contributed by atoms with E-state index in [0.717, 1.165) is 36.5 Å². The van der Waals surface area contributed by atoms with E-state index >= 15 is 0 Å². The molecule has 0 radical (unpaired) electrons. The van der Waals surface area contributed by atoms with Gasteiger partial charge in [-0.25, -0.2) is 0 Å². The molecule has 0 aromatic carbocycles. The SMILES string of the molecule is CCSCC1CC2N(C)C(=O)CC[C@]2(C)[C@@H]2CC[C@]3(C)CCC[C@H]3[C@H]12. The van der Waals surface area contributed by atoms with Crippen molar-refractivity contribution < 1.29 is 4.79 Å². The number of fused-ring (bicyclic) bond motifs is 5. The Hall–Kier alpha value is -0.180. The largest absolute Gasteiger partial charge is 0.342 e. The van der Waals surface area contributed by atoms with Gasteiger partial charge in [-0.3, -0.25) is 4.79 Å². The summed E-state index contributed by atoms with van der Waals surface area (Å²) in [6, 6.07) is 0.489. The van der Waals surface area contributed by atoms with Gasteiger partial charge in [0.15, 0.2) is 0 Å². The van der Waals surface area contributed by atoms with E-state index in [0.29, 0.717) is 22.8 Å². The van der Waals surface area contributed by atoms with Crippen LogP contribution in [0.4, 0.5) is 0 Å². The zero-order valence-corrected chi connectivity index (χ0v) is 17.5. The first-order valence-electron chi connectivity index (χ1n) is 10.7. The van der Waals surface area contributed by atoms with Crippen molar-refractivity contribution >= 4 is 17.7 Å². The maximum absolute atomic E-state index is 12.4. The van der Waals surface area contributed by atoms with Gasteiger partial charge in [0.1, 0.15) is 0 Å². The van der Waals surface area contributed by atoms with Crippen molar-refractivity contribution in [3.05, 3.63) is 0 Å². The first-order chi connectivity index (χ1) is 11.9. The van der Waals surface area contributed by atoms with Crippen molar-refractivity contribution in [1.82, 2.24) is 4.90 Å². The van der Waals surface area contributed by atoms with Crippen LogP contribution in [0.5, 0.6) is 0 Å². The molecule has 0 aromatic heterocycles. The molecule has 7 atom stereocenters. The van der Waals surface area contributed by atoms with Gasteiger partial charge in [-0.1, -0.05) is 27.2 Å². The minimum atomic E-state index is 0.366. The van der Waals surface area contributed by atoms with E-state index in [-0.39, 0.29) is 0 Å². The van der Waals surface area contributed by atoms with E-state index in [4.69, 9.17) is 0 Å². The number of carbonyl (C=O) groups excluding carboxylic acids is 1. The lowest BCUT2D eigenvalue weighted by Crippen LogP contribution is -2.63. The summed E-state index contributed by atoms with van der Waals surface area (Å²) < 4.78 is 0. The van der Waals surface area contributed by atoms with Gasteiger partial charge in [-0.05, 0) is 84.5 Å². The first-order valence-corrected chi connectivity index (χ1v) is 11.9. The number of hydrogen-bond acceptors (Lipinski definition) is 2. The molecule has 142 valence electrons. The van der Waals surface area contributed by atoms with E-state index in [2.05, 4.69) is 44.5 Å². The third-order valence-corrected chi connectivity index (χ3v) is 10.1. The highest BCUT2D eigenvalue weighted by atomic mass is 32.2. The molecule has 1 heterocycles. The number of likely N-dealkylation sites (tertiary alicyclic amines) is 1. The molecule has 2 nitrogen and oxygen atoms in total. The van der Waals surface area contributed by atoms with Crippen LogP contribution in [0.3, 0.4) is 0 Å². The second-order valence-corrected chi connectivity index (χ2v) is 11.4. The average molecular weight is 364 g/mol. The second kappa shape index (κ2) is 6.46. The molecule has 4 rings (SSSR count). The Bertz CT molecular complexity index is 536. The molecule has 25 heavy (non-hydrogen) atoms. The van der Waals surface area contributed by atoms with E-state index in [1.165, 1.54) is 50.0 Å². The van der Waals surface area contributed by atoms with Crippen LogP contribution in [0.15, 0.2) is 0 Å². The topological polar surface area (TPSA) is 20.3 Å². The fraction of sp³-hybridized carbons (Fsp3) is 0.955. The molecule has 1 aliphatic heterocycles. The first kappa shape index (κ1) is 18.2. The van der Waals surface area contributed by atoms with Crippen LogP contribution >= 0.6 is 11.8 Å². The number of hydrogen-bond donors (Lipinski definition) is 0. The monoisotopic (exact) mass is 363 g/mol. The lowest BCUT2D eigenvalue weighted by atomic mass is 9.45. The minimum absolute atomic E-state index is 0.366. The number of nitrogens with zero attached hydrogens (tertiary/aromatic N) is 1. The fourth-order valence-electron chi connectivity index (χ4n) is 7.70. The molecule has 3 aliphatic carbocycles. The van der Waals surface area contributed by atoms with Gasteiger partial charge in [0.05, 0.1) is 0 Å². The Morgan fingerprint density at radius 3 is 2.72 bits per heavy atom. The van der Waals surface area contributed by atoms with Gasteiger partial charge in [-0.15, -0.1) is 0 Å². The van der Waals surface area contributed by atoms with E-state index in [1.54, 1.807) is 0 Å². The Morgan fingerprint density at radius 1 is 1.16 bits per heavy atom. The van der Waals surface area contributed by atoms with Crippen molar-refractivity contribution in [2.75, 3.05) is 18.6 Å². The molecule has 4 aliphatic rings. The Labute approximate surface area is 158 Å². The van der Waals surface area contributed by atoms with Crippen LogP contribution in [-0.4, -0.2) is 35.4 Å². The number of amides is 1. The molecule has 0 bridgehead atoms. The summed E-state index contributed by atoms with van der Waals surface area (Å²) in [5.74, 6) is 6.48. The standard InChI is InChI=1S/C22H37NOS/c1-5-25-14-15-13-18-22(3,12-9-19(24)23(18)4)17-8-11-21(2)10-6-7-16(21)20(15)17/h15-18,20H,5-14H2,1-4H3/t15?,16-,17+,18?,20-,21-,22+/m0/s1. The molecule has 0 spiro atoms. The molecule has 4 fully saturated rings. The number of carbonyl (C=O) groups is 1. The third kappa shape index (κ3) is 2.70. The molecule has 3 saturated carbocycles. The van der Waals surface area contributed by atoms with Crippen LogP contribution in [0, 0.1) is 34.5 Å². The number of thioether (sulfide) groups is 1. The molecule has 2 unspecified atom stereocenters. The molecular formula is C22H37NOS. The van der Waals surface area contributed by atoms with E-state index in [1.807, 2.05) is 0 Å². The van der Waals surface area contributed by atoms with Crippen molar-refractivity contribution in [1.29, 1.82) is 0 Å². The summed E-state index contributed by atoms with van der Waals surface area (Å²) in [4.78, 5) is 14.6. The third-order valence-electron chi connectivity index (χ3n) is 9.07. The van der Waals surface area contributed by atoms with Gasteiger partial charge in [0.25, 0.3) is 0 Å². The summed E-state index contributed by atoms with van der Waals surface area (Å²) in [7, 11) is 2.09. The van der Waals surface area contributed by atoms with Crippen LogP contribution in [0.2, 0.25) is 0 Å². The Morgan fingerprint density at radius 2 is 1.96 bits per heavy atom. The van der Waals surface area contributed by atoms with Crippen LogP contribution < -0.4 is 0 Å². The summed E-state index contributed by atoms with van der Waals surface area (Å²) in [5, 5.41) is 0. The highest BCUT2D eigenvalue weighted by molar-refractivity contribution is 7.99. The normalized spacial score (nSPS) is 49.5. The van der Waals surface area contributed by atoms with Crippen molar-refractivity contribution in [2.24, 2.45) is 34.5 Å². The smallest absolute Gasteiger partial charge is 0.222 e. The number of piperidine rings is 1. The van der Waals surface area contributed by atoms with Gasteiger partial charge in [0.2, 0.25) is 5.91 Å². The minimum Gasteiger partial charge on any atom is -0.342 e. The highest BCUT2D eigenvalue weighted by Crippen LogP contribution is 2.66. The maximum atomic E-state index is 12.4. The molecule has 1 amide bonds. The quantitative estimate of drug-likeness (QED) is 0.685. The van der Waals surface area contributed by atoms with Crippen molar-refractivity contribution in [2.45, 2.75) is 78.2 Å².